The number of nitro benzene ring substituents is 2. The van der Waals surface area contributed by atoms with E-state index >= 15 is 0 Å². The molecular weight excluding hydrogens is 436 g/mol. The molecule has 2 N–H and O–H groups in total. The van der Waals surface area contributed by atoms with E-state index in [2.05, 4.69) is 9.88 Å². The predicted octanol–water partition coefficient (Wildman–Crippen LogP) is 4.98. The fourth-order valence-electron chi connectivity index (χ4n) is 4.06. The lowest BCUT2D eigenvalue weighted by Crippen LogP contribution is -2.28. The molecule has 3 aromatic carbocycles. The van der Waals surface area contributed by atoms with E-state index in [0.717, 1.165) is 27.6 Å². The Morgan fingerprint density at radius 3 is 2.18 bits per heavy atom. The molecule has 0 aliphatic rings. The summed E-state index contributed by atoms with van der Waals surface area (Å²) in [7, 11) is 0. The molecule has 0 spiro atoms. The molecule has 0 fully saturated rings. The first-order chi connectivity index (χ1) is 16.4. The summed E-state index contributed by atoms with van der Waals surface area (Å²) in [6, 6.07) is 18.4. The van der Waals surface area contributed by atoms with Gasteiger partial charge in [-0.2, -0.15) is 0 Å². The topological polar surface area (TPSA) is 126 Å². The van der Waals surface area contributed by atoms with Crippen molar-refractivity contribution in [2.45, 2.75) is 19.4 Å². The third-order valence-electron chi connectivity index (χ3n) is 5.81. The molecule has 0 bridgehead atoms. The second-order valence-corrected chi connectivity index (χ2v) is 8.17. The smallest absolute Gasteiger partial charge is 0.269 e. The van der Waals surface area contributed by atoms with E-state index < -0.39 is 9.85 Å². The van der Waals surface area contributed by atoms with E-state index in [-0.39, 0.29) is 17.1 Å². The van der Waals surface area contributed by atoms with Crippen LogP contribution in [0.1, 0.15) is 16.7 Å². The number of rotatable bonds is 10. The molecule has 1 aromatic heterocycles. The van der Waals surface area contributed by atoms with Crippen LogP contribution in [0.15, 0.2) is 72.9 Å². The number of H-pyrrole nitrogens is 1. The van der Waals surface area contributed by atoms with E-state index in [9.17, 15) is 25.3 Å². The van der Waals surface area contributed by atoms with Crippen molar-refractivity contribution in [2.24, 2.45) is 0 Å². The fraction of sp³-hybridized carbons (Fsp3) is 0.200. The van der Waals surface area contributed by atoms with Gasteiger partial charge in [0.15, 0.2) is 0 Å². The third-order valence-corrected chi connectivity index (χ3v) is 5.81. The number of aromatic hydroxyl groups is 1. The number of fused-ring (bicyclic) bond motifs is 1. The number of non-ortho nitro benzene ring substituents is 2. The highest BCUT2D eigenvalue weighted by atomic mass is 16.6. The summed E-state index contributed by atoms with van der Waals surface area (Å²) >= 11 is 0. The van der Waals surface area contributed by atoms with E-state index in [1.165, 1.54) is 12.1 Å². The summed E-state index contributed by atoms with van der Waals surface area (Å²) in [5.41, 5.74) is 3.78. The molecule has 0 radical (unpaired) electrons. The van der Waals surface area contributed by atoms with Gasteiger partial charge in [0.05, 0.1) is 9.85 Å². The zero-order valence-electron chi connectivity index (χ0n) is 18.4. The van der Waals surface area contributed by atoms with Gasteiger partial charge < -0.3 is 10.1 Å². The van der Waals surface area contributed by atoms with Crippen molar-refractivity contribution in [3.05, 3.63) is 110 Å². The highest BCUT2D eigenvalue weighted by molar-refractivity contribution is 5.84. The number of nitrogens with one attached hydrogen (secondary N) is 1. The number of hydrogen-bond donors (Lipinski definition) is 2. The maximum atomic E-state index is 11.2. The van der Waals surface area contributed by atoms with Gasteiger partial charge in [0.2, 0.25) is 0 Å². The normalized spacial score (nSPS) is 11.2. The number of phenols is 1. The first-order valence-corrected chi connectivity index (χ1v) is 10.9. The average molecular weight is 460 g/mol. The first-order valence-electron chi connectivity index (χ1n) is 10.9. The second-order valence-electron chi connectivity index (χ2n) is 8.17. The zero-order valence-corrected chi connectivity index (χ0v) is 18.4. The van der Waals surface area contributed by atoms with Gasteiger partial charge in [-0.15, -0.1) is 0 Å². The summed E-state index contributed by atoms with van der Waals surface area (Å²) in [6.07, 6.45) is 3.23. The van der Waals surface area contributed by atoms with E-state index in [0.29, 0.717) is 32.5 Å². The quantitative estimate of drug-likeness (QED) is 0.254. The van der Waals surface area contributed by atoms with Crippen LogP contribution in [-0.2, 0) is 19.4 Å². The molecule has 9 nitrogen and oxygen atoms in total. The Morgan fingerprint density at radius 1 is 0.824 bits per heavy atom. The molecule has 0 saturated heterocycles. The molecule has 0 saturated carbocycles. The predicted molar refractivity (Wildman–Crippen MR) is 129 cm³/mol. The third kappa shape index (κ3) is 5.57. The summed E-state index contributed by atoms with van der Waals surface area (Å²) in [6.45, 7) is 1.79. The van der Waals surface area contributed by atoms with Crippen LogP contribution in [0.4, 0.5) is 11.4 Å². The van der Waals surface area contributed by atoms with Gasteiger partial charge in [-0.25, -0.2) is 0 Å². The Bertz CT molecular complexity index is 1330. The number of hydrogen-bond acceptors (Lipinski definition) is 6. The van der Waals surface area contributed by atoms with Crippen LogP contribution in [0.3, 0.4) is 0 Å². The summed E-state index contributed by atoms with van der Waals surface area (Å²) in [4.78, 5) is 26.9. The van der Waals surface area contributed by atoms with Gasteiger partial charge in [-0.05, 0) is 47.7 Å². The Balaban J connectivity index is 1.52. The summed E-state index contributed by atoms with van der Waals surface area (Å²) in [5, 5.41) is 33.1. The lowest BCUT2D eigenvalue weighted by molar-refractivity contribution is -0.385. The van der Waals surface area contributed by atoms with Crippen LogP contribution in [0.25, 0.3) is 10.9 Å². The van der Waals surface area contributed by atoms with Crippen LogP contribution in [0, 0.1) is 20.2 Å². The van der Waals surface area contributed by atoms with Crippen LogP contribution >= 0.6 is 0 Å². The molecule has 1 heterocycles. The zero-order chi connectivity index (χ0) is 24.1. The van der Waals surface area contributed by atoms with Gasteiger partial charge in [-0.3, -0.25) is 25.1 Å². The molecule has 0 atom stereocenters. The van der Waals surface area contributed by atoms with E-state index in [4.69, 9.17) is 0 Å². The van der Waals surface area contributed by atoms with Crippen molar-refractivity contribution < 1.29 is 15.0 Å². The highest BCUT2D eigenvalue weighted by Crippen LogP contribution is 2.24. The maximum Gasteiger partial charge on any atom is 0.269 e. The van der Waals surface area contributed by atoms with E-state index in [1.807, 2.05) is 24.4 Å². The first kappa shape index (κ1) is 22.9. The van der Waals surface area contributed by atoms with Crippen LogP contribution in [0.5, 0.6) is 5.75 Å². The molecule has 9 heteroatoms. The van der Waals surface area contributed by atoms with Crippen LogP contribution in [0.2, 0.25) is 0 Å². The lowest BCUT2D eigenvalue weighted by Gasteiger charge is -2.22. The number of aromatic nitrogens is 1. The molecule has 34 heavy (non-hydrogen) atoms. The highest BCUT2D eigenvalue weighted by Gasteiger charge is 2.13. The number of nitrogens with zero attached hydrogens (tertiary/aromatic N) is 3. The average Bonchev–Trinajstić information content (AvgIpc) is 3.23. The molecule has 0 unspecified atom stereocenters. The van der Waals surface area contributed by atoms with Crippen molar-refractivity contribution in [2.75, 3.05) is 13.1 Å². The van der Waals surface area contributed by atoms with Gasteiger partial charge in [0, 0.05) is 61.0 Å². The fourth-order valence-corrected chi connectivity index (χ4v) is 4.06. The van der Waals surface area contributed by atoms with Gasteiger partial charge in [0.1, 0.15) is 5.75 Å². The molecule has 0 aliphatic carbocycles. The Hall–Kier alpha value is -4.24. The second kappa shape index (κ2) is 10.1. The van der Waals surface area contributed by atoms with Crippen molar-refractivity contribution in [3.63, 3.8) is 0 Å². The summed E-state index contributed by atoms with van der Waals surface area (Å²) in [5.74, 6) is 0.201. The van der Waals surface area contributed by atoms with Crippen LogP contribution < -0.4 is 0 Å². The Morgan fingerprint density at radius 2 is 1.47 bits per heavy atom. The minimum Gasteiger partial charge on any atom is -0.508 e. The van der Waals surface area contributed by atoms with Crippen LogP contribution in [-0.4, -0.2) is 37.9 Å². The standard InChI is InChI=1S/C25H24N4O5/c30-23-7-8-25-24(15-23)20(16-26-25)10-12-27(17-19-4-2-6-22(14-19)29(33)34)11-9-18-3-1-5-21(13-18)28(31)32/h1-8,13-16,26,30H,9-12,17H2. The van der Waals surface area contributed by atoms with Crippen molar-refractivity contribution in [1.29, 1.82) is 0 Å². The molecular formula is C25H24N4O5. The molecule has 0 amide bonds. The van der Waals surface area contributed by atoms with Gasteiger partial charge >= 0.3 is 0 Å². The summed E-state index contributed by atoms with van der Waals surface area (Å²) < 4.78 is 0. The Labute approximate surface area is 195 Å². The van der Waals surface area contributed by atoms with E-state index in [1.54, 1.807) is 36.4 Å². The molecule has 174 valence electrons. The van der Waals surface area contributed by atoms with Crippen molar-refractivity contribution >= 4 is 22.3 Å². The van der Waals surface area contributed by atoms with Gasteiger partial charge in [-0.1, -0.05) is 24.3 Å². The van der Waals surface area contributed by atoms with Crippen molar-refractivity contribution in [3.8, 4) is 5.75 Å². The largest absolute Gasteiger partial charge is 0.508 e. The maximum absolute atomic E-state index is 11.2. The number of benzene rings is 3. The lowest BCUT2D eigenvalue weighted by atomic mass is 10.1. The van der Waals surface area contributed by atoms with Crippen molar-refractivity contribution in [1.82, 2.24) is 9.88 Å². The SMILES string of the molecule is O=[N+]([O-])c1cccc(CCN(CCc2c[nH]c3ccc(O)cc23)Cc2cccc([N+](=O)[O-])c2)c1. The number of nitro groups is 2. The molecule has 0 aliphatic heterocycles. The minimum atomic E-state index is -0.407. The Kier molecular flexibility index (Phi) is 6.84. The number of aromatic amines is 1. The molecule has 4 aromatic rings. The monoisotopic (exact) mass is 460 g/mol. The molecule has 4 rings (SSSR count). The number of phenolic OH excluding ortho intramolecular Hbond substituents is 1. The minimum absolute atomic E-state index is 0.0447. The van der Waals surface area contributed by atoms with Gasteiger partial charge in [0.25, 0.3) is 11.4 Å².